The third-order valence-electron chi connectivity index (χ3n) is 14.4. The van der Waals surface area contributed by atoms with E-state index in [0.717, 1.165) is 69.0 Å². The van der Waals surface area contributed by atoms with Gasteiger partial charge in [-0.25, -0.2) is 0 Å². The number of benzene rings is 3. The summed E-state index contributed by atoms with van der Waals surface area (Å²) >= 11 is 0. The fourth-order valence-electron chi connectivity index (χ4n) is 8.76. The van der Waals surface area contributed by atoms with Crippen LogP contribution in [0.3, 0.4) is 0 Å². The quantitative estimate of drug-likeness (QED) is 0.0133. The van der Waals surface area contributed by atoms with Crippen LogP contribution >= 0.6 is 22.8 Å². The Morgan fingerprint density at radius 2 is 0.605 bits per heavy atom. The van der Waals surface area contributed by atoms with Gasteiger partial charge in [-0.15, -0.1) is 0 Å². The van der Waals surface area contributed by atoms with Crippen molar-refractivity contribution in [3.63, 3.8) is 0 Å². The second-order valence-electron chi connectivity index (χ2n) is 23.7. The third-order valence-corrected chi connectivity index (χ3v) is 18.7. The summed E-state index contributed by atoms with van der Waals surface area (Å²) in [6.45, 7) is 12.4. The van der Waals surface area contributed by atoms with Gasteiger partial charge in [-0.3, -0.25) is 0 Å². The molecule has 0 amide bonds. The van der Waals surface area contributed by atoms with Gasteiger partial charge in [0, 0.05) is 18.5 Å². The number of phenolic OH excluding ortho intramolecular Hbond substituents is 6. The molecule has 18 nitrogen and oxygen atoms in total. The number of hydrogen-bond donors (Lipinski definition) is 6. The molecular weight excluding hydrogens is 1100 g/mol. The number of quaternary nitrogens is 3. The van der Waals surface area contributed by atoms with Gasteiger partial charge in [0.15, 0.2) is 34.5 Å². The highest BCUT2D eigenvalue weighted by molar-refractivity contribution is 7.51. The molecule has 0 radical (unpaired) electrons. The summed E-state index contributed by atoms with van der Waals surface area (Å²) in [6, 6.07) is 14.0. The minimum atomic E-state index is -3.81. The summed E-state index contributed by atoms with van der Waals surface area (Å²) in [6.07, 6.45) is 20.2. The minimum Gasteiger partial charge on any atom is -0.778 e. The van der Waals surface area contributed by atoms with Gasteiger partial charge in [-0.05, 0) is 143 Å². The van der Waals surface area contributed by atoms with Crippen LogP contribution in [0, 0.1) is 0 Å². The topological polar surface area (TPSA) is 269 Å². The lowest BCUT2D eigenvalue weighted by Gasteiger charge is -2.31. The molecule has 21 heteroatoms. The van der Waals surface area contributed by atoms with E-state index in [1.54, 1.807) is 18.2 Å². The third kappa shape index (κ3) is 39.1. The number of unbranched alkanes of at least 4 members (excludes halogenated alkanes) is 12. The molecule has 0 aromatic heterocycles. The molecule has 0 saturated heterocycles. The fraction of sp³-hybridized carbons (Fsp3) is 0.700. The molecule has 0 saturated carbocycles. The highest BCUT2D eigenvalue weighted by atomic mass is 31.2. The molecule has 0 aliphatic heterocycles. The van der Waals surface area contributed by atoms with E-state index in [1.807, 2.05) is 0 Å². The number of aromatic hydroxyl groups is 6. The van der Waals surface area contributed by atoms with Crippen LogP contribution in [0.2, 0.25) is 0 Å². The molecule has 3 rings (SSSR count). The molecule has 81 heavy (non-hydrogen) atoms. The Kier molecular flexibility index (Phi) is 37.6. The van der Waals surface area contributed by atoms with Crippen molar-refractivity contribution in [2.45, 2.75) is 156 Å². The lowest BCUT2D eigenvalue weighted by molar-refractivity contribution is -0.890. The number of nitrogens with zero attached hydrogens (tertiary/aromatic N) is 3. The van der Waals surface area contributed by atoms with E-state index < -0.39 is 22.8 Å². The largest absolute Gasteiger partial charge is 0.778 e. The van der Waals surface area contributed by atoms with Gasteiger partial charge >= 0.3 is 0 Å². The fourth-order valence-corrected chi connectivity index (χ4v) is 12.1. The Bertz CT molecular complexity index is 2320. The van der Waals surface area contributed by atoms with E-state index >= 15 is 0 Å². The Morgan fingerprint density at radius 1 is 0.346 bits per heavy atom. The first-order valence-electron chi connectivity index (χ1n) is 29.8. The Morgan fingerprint density at radius 3 is 0.889 bits per heavy atom. The van der Waals surface area contributed by atoms with Crippen LogP contribution in [0.15, 0.2) is 54.6 Å². The molecule has 0 spiro atoms. The molecule has 3 aromatic carbocycles. The molecule has 3 atom stereocenters. The van der Waals surface area contributed by atoms with Crippen LogP contribution < -0.4 is 14.7 Å². The smallest absolute Gasteiger partial charge is 0.157 e. The van der Waals surface area contributed by atoms with E-state index in [1.165, 1.54) is 94.2 Å². The molecule has 3 aromatic rings. The predicted molar refractivity (Wildman–Crippen MR) is 321 cm³/mol. The zero-order valence-electron chi connectivity index (χ0n) is 51.1. The molecule has 0 aliphatic carbocycles. The van der Waals surface area contributed by atoms with Gasteiger partial charge in [0.25, 0.3) is 0 Å². The first-order chi connectivity index (χ1) is 38.0. The Labute approximate surface area is 488 Å². The van der Waals surface area contributed by atoms with Crippen molar-refractivity contribution in [2.75, 3.05) is 120 Å². The Balaban J connectivity index is 0.000000609. The van der Waals surface area contributed by atoms with Crippen LogP contribution in [-0.2, 0) is 46.5 Å². The van der Waals surface area contributed by atoms with Crippen molar-refractivity contribution < 1.29 is 86.0 Å². The van der Waals surface area contributed by atoms with Crippen molar-refractivity contribution in [2.24, 2.45) is 0 Å². The normalized spacial score (nSPS) is 14.2. The summed E-state index contributed by atoms with van der Waals surface area (Å²) in [4.78, 5) is 36.1. The molecular formula is C60H108N3O15P3. The predicted octanol–water partition coefficient (Wildman–Crippen LogP) is 10.9. The summed E-state index contributed by atoms with van der Waals surface area (Å²) in [5, 5.41) is 56.2. The number of aryl methyl sites for hydroxylation is 3. The highest BCUT2D eigenvalue weighted by Gasteiger charge is 2.20. The first-order valence-corrected chi connectivity index (χ1v) is 35.0. The van der Waals surface area contributed by atoms with Crippen LogP contribution in [0.25, 0.3) is 0 Å². The van der Waals surface area contributed by atoms with Crippen molar-refractivity contribution >= 4 is 22.8 Å². The molecule has 0 fully saturated rings. The number of likely N-dealkylation sites (N-methyl/N-ethyl adjacent to an activating group) is 3. The summed E-state index contributed by atoms with van der Waals surface area (Å²) < 4.78 is 54.0. The van der Waals surface area contributed by atoms with Crippen LogP contribution in [0.4, 0.5) is 0 Å². The average molecular weight is 1200 g/mol. The zero-order valence-corrected chi connectivity index (χ0v) is 53.8. The highest BCUT2D eigenvalue weighted by Crippen LogP contribution is 2.40. The average Bonchev–Trinajstić information content (AvgIpc) is 3.38. The second-order valence-corrected chi connectivity index (χ2v) is 29.5. The maximum Gasteiger partial charge on any atom is 0.157 e. The monoisotopic (exact) mass is 1200 g/mol. The lowest BCUT2D eigenvalue weighted by Crippen LogP contribution is -2.43. The molecule has 0 aliphatic rings. The number of phenols is 6. The van der Waals surface area contributed by atoms with Gasteiger partial charge in [0.1, 0.15) is 62.2 Å². The molecule has 0 bridgehead atoms. The van der Waals surface area contributed by atoms with Gasteiger partial charge in [0.05, 0.1) is 61.9 Å². The first kappa shape index (κ1) is 75.8. The van der Waals surface area contributed by atoms with Gasteiger partial charge in [-0.2, -0.15) is 0 Å². The van der Waals surface area contributed by atoms with Crippen LogP contribution in [0.1, 0.15) is 153 Å². The van der Waals surface area contributed by atoms with Crippen molar-refractivity contribution in [3.8, 4) is 34.5 Å². The summed E-state index contributed by atoms with van der Waals surface area (Å²) in [5.74, 6) is -0.907. The van der Waals surface area contributed by atoms with E-state index in [4.69, 9.17) is 13.6 Å². The maximum atomic E-state index is 12.1. The lowest BCUT2D eigenvalue weighted by atomic mass is 10.1. The van der Waals surface area contributed by atoms with E-state index in [-0.39, 0.29) is 72.8 Å². The number of hydrogen-bond acceptors (Lipinski definition) is 15. The molecule has 6 N–H and O–H groups in total. The molecule has 3 unspecified atom stereocenters. The summed E-state index contributed by atoms with van der Waals surface area (Å²) in [5.41, 5.74) is 2.61. The number of rotatable bonds is 42. The van der Waals surface area contributed by atoms with Crippen molar-refractivity contribution in [1.82, 2.24) is 0 Å². The standard InChI is InChI=1S/C22H40NO5P.C20H36NO5P.C18H32NO5P/c1-4-5-6-7-8-10-15-23(2,3)16-17-28-29(26,27)18-11-9-12-20-13-14-21(24)22(25)19-20;1-4-5-6-8-13-21(2,3)14-15-26-27(24,25)16-9-7-10-18-11-12-19(22)20(23)17-18;1-4-5-11-19(2,3)12-13-24-25(22,23)14-7-6-8-16-9-10-17(20)18(21)15-16/h13-14,19H,4-12,15-18H2,1-3H3,(H2-,24,25,26,27);11-12,17H,4-10,13-16H2,1-3H3,(H2-,22,23,24,25);9-10,15H,4-8,11-14H2,1-3H3,(H2-,20,21,22,23). The Hall–Kier alpha value is -3.21. The second kappa shape index (κ2) is 40.2. The molecule has 0 heterocycles. The maximum absolute atomic E-state index is 12.1. The van der Waals surface area contributed by atoms with E-state index in [2.05, 4.69) is 63.1 Å². The van der Waals surface area contributed by atoms with E-state index in [9.17, 15) is 59.0 Å². The van der Waals surface area contributed by atoms with Gasteiger partial charge in [-0.1, -0.05) is 83.9 Å². The van der Waals surface area contributed by atoms with Crippen LogP contribution in [0.5, 0.6) is 34.5 Å². The van der Waals surface area contributed by atoms with Crippen molar-refractivity contribution in [1.29, 1.82) is 0 Å². The summed E-state index contributed by atoms with van der Waals surface area (Å²) in [7, 11) is 1.23. The van der Waals surface area contributed by atoms with Gasteiger partial charge in [0.2, 0.25) is 0 Å². The van der Waals surface area contributed by atoms with Crippen LogP contribution in [-0.4, -0.2) is 164 Å². The zero-order chi connectivity index (χ0) is 61.0. The van der Waals surface area contributed by atoms with Crippen molar-refractivity contribution in [3.05, 3.63) is 71.3 Å². The SMILES string of the molecule is CCCCCCCC[N+](C)(C)CCOP(=O)([O-])CCCCc1ccc(O)c(O)c1.CCCCCC[N+](C)(C)CCOP(=O)([O-])CCCCc1ccc(O)c(O)c1.CCCC[N+](C)(C)CCOP(=O)([O-])CCCCc1ccc(O)c(O)c1. The van der Waals surface area contributed by atoms with Gasteiger partial charge < -0.3 is 86.0 Å². The van der Waals surface area contributed by atoms with E-state index in [0.29, 0.717) is 77.4 Å². The minimum absolute atomic E-state index is 0.0272. The molecule has 468 valence electrons.